The molecule has 1 unspecified atom stereocenters. The SMILES string of the molecule is CCOC(=O)C(CCCCN)N[C@@H](C)C(=O)O. The lowest BCUT2D eigenvalue weighted by molar-refractivity contribution is -0.147. The first-order valence-corrected chi connectivity index (χ1v) is 5.88. The summed E-state index contributed by atoms with van der Waals surface area (Å²) in [7, 11) is 0. The maximum absolute atomic E-state index is 11.6. The van der Waals surface area contributed by atoms with Crippen LogP contribution in [0.4, 0.5) is 0 Å². The number of unbranched alkanes of at least 4 members (excludes halogenated alkanes) is 1. The number of carbonyl (C=O) groups is 2. The third-order valence-electron chi connectivity index (χ3n) is 2.34. The van der Waals surface area contributed by atoms with Gasteiger partial charge in [-0.25, -0.2) is 0 Å². The van der Waals surface area contributed by atoms with E-state index in [9.17, 15) is 9.59 Å². The van der Waals surface area contributed by atoms with Crippen LogP contribution in [0.1, 0.15) is 33.1 Å². The quantitative estimate of drug-likeness (QED) is 0.394. The molecule has 0 aliphatic carbocycles. The zero-order valence-corrected chi connectivity index (χ0v) is 10.4. The molecule has 2 atom stereocenters. The molecular weight excluding hydrogens is 224 g/mol. The van der Waals surface area contributed by atoms with Gasteiger partial charge < -0.3 is 15.6 Å². The van der Waals surface area contributed by atoms with E-state index in [-0.39, 0.29) is 6.61 Å². The third kappa shape index (κ3) is 6.91. The van der Waals surface area contributed by atoms with Gasteiger partial charge in [0.25, 0.3) is 0 Å². The first kappa shape index (κ1) is 15.9. The van der Waals surface area contributed by atoms with Crippen LogP contribution in [0, 0.1) is 0 Å². The van der Waals surface area contributed by atoms with Crippen LogP contribution in [0.3, 0.4) is 0 Å². The summed E-state index contributed by atoms with van der Waals surface area (Å²) in [5.74, 6) is -1.39. The Morgan fingerprint density at radius 3 is 2.53 bits per heavy atom. The van der Waals surface area contributed by atoms with E-state index < -0.39 is 24.0 Å². The van der Waals surface area contributed by atoms with Crippen molar-refractivity contribution in [1.29, 1.82) is 0 Å². The van der Waals surface area contributed by atoms with Crippen LogP contribution in [0.2, 0.25) is 0 Å². The predicted molar refractivity (Wildman–Crippen MR) is 63.6 cm³/mol. The Kier molecular flexibility index (Phi) is 8.35. The Labute approximate surface area is 102 Å². The van der Waals surface area contributed by atoms with E-state index in [2.05, 4.69) is 5.32 Å². The molecule has 0 saturated heterocycles. The molecule has 0 aliphatic heterocycles. The van der Waals surface area contributed by atoms with Crippen molar-refractivity contribution in [1.82, 2.24) is 5.32 Å². The maximum Gasteiger partial charge on any atom is 0.323 e. The van der Waals surface area contributed by atoms with Gasteiger partial charge in [-0.1, -0.05) is 6.42 Å². The molecular formula is C11H22N2O4. The fourth-order valence-electron chi connectivity index (χ4n) is 1.38. The smallest absolute Gasteiger partial charge is 0.323 e. The highest BCUT2D eigenvalue weighted by Crippen LogP contribution is 2.04. The minimum absolute atomic E-state index is 0.287. The minimum Gasteiger partial charge on any atom is -0.480 e. The van der Waals surface area contributed by atoms with Crippen molar-refractivity contribution in [2.45, 2.75) is 45.2 Å². The minimum atomic E-state index is -0.988. The molecule has 0 saturated carbocycles. The molecule has 6 heteroatoms. The van der Waals surface area contributed by atoms with Crippen molar-refractivity contribution in [2.75, 3.05) is 13.2 Å². The molecule has 0 aliphatic rings. The molecule has 0 radical (unpaired) electrons. The molecule has 0 aromatic heterocycles. The fourth-order valence-corrected chi connectivity index (χ4v) is 1.38. The number of hydrogen-bond donors (Lipinski definition) is 3. The van der Waals surface area contributed by atoms with Crippen molar-refractivity contribution < 1.29 is 19.4 Å². The molecule has 0 bridgehead atoms. The highest BCUT2D eigenvalue weighted by Gasteiger charge is 2.23. The molecule has 0 spiro atoms. The number of esters is 1. The average molecular weight is 246 g/mol. The topological polar surface area (TPSA) is 102 Å². The summed E-state index contributed by atoms with van der Waals surface area (Å²) in [5, 5.41) is 11.5. The van der Waals surface area contributed by atoms with Crippen LogP contribution in [0.5, 0.6) is 0 Å². The summed E-state index contributed by atoms with van der Waals surface area (Å²) in [5.41, 5.74) is 5.37. The molecule has 0 fully saturated rings. The Morgan fingerprint density at radius 2 is 2.06 bits per heavy atom. The first-order chi connectivity index (χ1) is 8.02. The number of aliphatic carboxylic acids is 1. The second kappa shape index (κ2) is 8.95. The zero-order valence-electron chi connectivity index (χ0n) is 10.4. The largest absolute Gasteiger partial charge is 0.480 e. The number of nitrogens with one attached hydrogen (secondary N) is 1. The molecule has 0 rings (SSSR count). The maximum atomic E-state index is 11.6. The number of hydrogen-bond acceptors (Lipinski definition) is 5. The van der Waals surface area contributed by atoms with E-state index in [1.165, 1.54) is 6.92 Å². The molecule has 0 amide bonds. The lowest BCUT2D eigenvalue weighted by atomic mass is 10.1. The van der Waals surface area contributed by atoms with Gasteiger partial charge in [0.05, 0.1) is 6.61 Å². The standard InChI is InChI=1S/C11H22N2O4/c1-3-17-11(16)9(6-4-5-7-12)13-8(2)10(14)15/h8-9,13H,3-7,12H2,1-2H3,(H,14,15)/t8-,9?/m0/s1. The Balaban J connectivity index is 4.28. The van der Waals surface area contributed by atoms with Crippen LogP contribution in [0.25, 0.3) is 0 Å². The van der Waals surface area contributed by atoms with Crippen LogP contribution in [-0.2, 0) is 14.3 Å². The van der Waals surface area contributed by atoms with Crippen LogP contribution >= 0.6 is 0 Å². The number of rotatable bonds is 9. The average Bonchev–Trinajstić information content (AvgIpc) is 2.27. The van der Waals surface area contributed by atoms with Crippen LogP contribution in [0.15, 0.2) is 0 Å². The number of ether oxygens (including phenoxy) is 1. The van der Waals surface area contributed by atoms with E-state index in [1.807, 2.05) is 0 Å². The van der Waals surface area contributed by atoms with E-state index in [0.29, 0.717) is 13.0 Å². The van der Waals surface area contributed by atoms with Gasteiger partial charge in [0.15, 0.2) is 0 Å². The summed E-state index contributed by atoms with van der Waals surface area (Å²) in [6.07, 6.45) is 2.10. The number of carboxylic acids is 1. The Morgan fingerprint density at radius 1 is 1.41 bits per heavy atom. The van der Waals surface area contributed by atoms with Crippen molar-refractivity contribution in [3.8, 4) is 0 Å². The highest BCUT2D eigenvalue weighted by atomic mass is 16.5. The molecule has 6 nitrogen and oxygen atoms in total. The molecule has 0 heterocycles. The molecule has 17 heavy (non-hydrogen) atoms. The molecule has 0 aromatic carbocycles. The van der Waals surface area contributed by atoms with E-state index in [0.717, 1.165) is 12.8 Å². The van der Waals surface area contributed by atoms with E-state index in [1.54, 1.807) is 6.92 Å². The molecule has 0 aromatic rings. The van der Waals surface area contributed by atoms with Crippen LogP contribution < -0.4 is 11.1 Å². The van der Waals surface area contributed by atoms with E-state index in [4.69, 9.17) is 15.6 Å². The monoisotopic (exact) mass is 246 g/mol. The fraction of sp³-hybridized carbons (Fsp3) is 0.818. The lowest BCUT2D eigenvalue weighted by Gasteiger charge is -2.19. The van der Waals surface area contributed by atoms with Crippen molar-refractivity contribution in [2.24, 2.45) is 5.73 Å². The predicted octanol–water partition coefficient (Wildman–Crippen LogP) is 0.110. The van der Waals surface area contributed by atoms with Gasteiger partial charge in [0, 0.05) is 0 Å². The van der Waals surface area contributed by atoms with Crippen molar-refractivity contribution >= 4 is 11.9 Å². The number of nitrogens with two attached hydrogens (primary N) is 1. The van der Waals surface area contributed by atoms with Gasteiger partial charge >= 0.3 is 11.9 Å². The van der Waals surface area contributed by atoms with Gasteiger partial charge in [0.1, 0.15) is 12.1 Å². The molecule has 100 valence electrons. The molecule has 4 N–H and O–H groups in total. The summed E-state index contributed by atoms with van der Waals surface area (Å²) in [6.45, 7) is 4.06. The van der Waals surface area contributed by atoms with Crippen molar-refractivity contribution in [3.63, 3.8) is 0 Å². The van der Waals surface area contributed by atoms with Gasteiger partial charge in [-0.2, -0.15) is 0 Å². The Bertz CT molecular complexity index is 246. The third-order valence-corrected chi connectivity index (χ3v) is 2.34. The van der Waals surface area contributed by atoms with E-state index >= 15 is 0 Å². The number of carboxylic acid groups (broad SMARTS) is 1. The second-order valence-corrected chi connectivity index (χ2v) is 3.82. The van der Waals surface area contributed by atoms with Gasteiger partial charge in [-0.3, -0.25) is 14.9 Å². The van der Waals surface area contributed by atoms with Gasteiger partial charge in [0.2, 0.25) is 0 Å². The summed E-state index contributed by atoms with van der Waals surface area (Å²) in [6, 6.07) is -1.35. The Hall–Kier alpha value is -1.14. The van der Waals surface area contributed by atoms with Crippen LogP contribution in [-0.4, -0.2) is 42.3 Å². The normalized spacial score (nSPS) is 14.1. The van der Waals surface area contributed by atoms with Gasteiger partial charge in [-0.05, 0) is 33.2 Å². The number of carbonyl (C=O) groups excluding carboxylic acids is 1. The summed E-state index contributed by atoms with van der Waals surface area (Å²) >= 11 is 0. The first-order valence-electron chi connectivity index (χ1n) is 5.88. The van der Waals surface area contributed by atoms with Gasteiger partial charge in [-0.15, -0.1) is 0 Å². The zero-order chi connectivity index (χ0) is 13.3. The summed E-state index contributed by atoms with van der Waals surface area (Å²) in [4.78, 5) is 22.3. The second-order valence-electron chi connectivity index (χ2n) is 3.82. The lowest BCUT2D eigenvalue weighted by Crippen LogP contribution is -2.46. The van der Waals surface area contributed by atoms with Crippen molar-refractivity contribution in [3.05, 3.63) is 0 Å². The highest BCUT2D eigenvalue weighted by molar-refractivity contribution is 5.78. The summed E-state index contributed by atoms with van der Waals surface area (Å²) < 4.78 is 4.89.